The van der Waals surface area contributed by atoms with E-state index in [2.05, 4.69) is 15.1 Å². The summed E-state index contributed by atoms with van der Waals surface area (Å²) in [7, 11) is 0. The highest BCUT2D eigenvalue weighted by molar-refractivity contribution is 6.33. The van der Waals surface area contributed by atoms with Crippen molar-refractivity contribution in [3.05, 3.63) is 70.2 Å². The van der Waals surface area contributed by atoms with E-state index in [1.54, 1.807) is 24.0 Å². The number of H-pyrrole nitrogens is 1. The molecular formula is C24H21ClF2N4O2. The van der Waals surface area contributed by atoms with Crippen molar-refractivity contribution in [2.24, 2.45) is 0 Å². The molecule has 1 aliphatic heterocycles. The van der Waals surface area contributed by atoms with E-state index in [4.69, 9.17) is 16.1 Å². The van der Waals surface area contributed by atoms with Crippen molar-refractivity contribution >= 4 is 28.5 Å². The lowest BCUT2D eigenvalue weighted by Gasteiger charge is -2.35. The highest BCUT2D eigenvalue weighted by atomic mass is 35.5. The number of fused-ring (bicyclic) bond motifs is 1. The maximum Gasteiger partial charge on any atom is 0.260 e. The normalized spacial score (nSPS) is 16.5. The second-order valence-electron chi connectivity index (χ2n) is 8.24. The number of nitrogens with zero attached hydrogens (tertiary/aromatic N) is 3. The van der Waals surface area contributed by atoms with E-state index >= 15 is 0 Å². The topological polar surface area (TPSA) is 75.0 Å². The first kappa shape index (κ1) is 21.6. The number of carbonyl (C=O) groups excluding carboxylic acids is 1. The highest BCUT2D eigenvalue weighted by Crippen LogP contribution is 2.33. The summed E-state index contributed by atoms with van der Waals surface area (Å²) in [5.41, 5.74) is 1.81. The minimum atomic E-state index is -0.976. The van der Waals surface area contributed by atoms with Gasteiger partial charge in [0.1, 0.15) is 28.4 Å². The van der Waals surface area contributed by atoms with Gasteiger partial charge in [0.05, 0.1) is 10.5 Å². The van der Waals surface area contributed by atoms with Gasteiger partial charge in [0.2, 0.25) is 0 Å². The maximum absolute atomic E-state index is 14.1. The summed E-state index contributed by atoms with van der Waals surface area (Å²) in [4.78, 5) is 22.8. The molecule has 0 saturated carbocycles. The van der Waals surface area contributed by atoms with Gasteiger partial charge >= 0.3 is 0 Å². The van der Waals surface area contributed by atoms with Gasteiger partial charge in [0.15, 0.2) is 11.6 Å². The van der Waals surface area contributed by atoms with Crippen LogP contribution >= 0.6 is 11.6 Å². The van der Waals surface area contributed by atoms with Gasteiger partial charge in [-0.3, -0.25) is 4.79 Å². The Bertz CT molecular complexity index is 1350. The zero-order chi connectivity index (χ0) is 23.1. The lowest BCUT2D eigenvalue weighted by Crippen LogP contribution is -2.45. The first-order chi connectivity index (χ1) is 15.9. The zero-order valence-electron chi connectivity index (χ0n) is 17.9. The molecule has 1 aliphatic rings. The van der Waals surface area contributed by atoms with Crippen molar-refractivity contribution in [2.45, 2.75) is 38.6 Å². The Kier molecular flexibility index (Phi) is 5.62. The van der Waals surface area contributed by atoms with Gasteiger partial charge in [-0.15, -0.1) is 0 Å². The molecule has 9 heteroatoms. The number of nitrogens with one attached hydrogen (secondary N) is 1. The van der Waals surface area contributed by atoms with Crippen molar-refractivity contribution in [3.8, 4) is 11.3 Å². The number of imidazole rings is 1. The number of likely N-dealkylation sites (tertiary alicyclic amines) is 1. The average molecular weight is 471 g/mol. The molecule has 33 heavy (non-hydrogen) atoms. The molecule has 1 unspecified atom stereocenters. The number of hydrogen-bond acceptors (Lipinski definition) is 4. The molecule has 2 aromatic heterocycles. The Balaban J connectivity index is 1.47. The molecule has 6 nitrogen and oxygen atoms in total. The number of piperidine rings is 1. The third kappa shape index (κ3) is 3.88. The first-order valence-electron chi connectivity index (χ1n) is 10.8. The van der Waals surface area contributed by atoms with Gasteiger partial charge < -0.3 is 14.4 Å². The predicted octanol–water partition coefficient (Wildman–Crippen LogP) is 5.70. The SMILES string of the molecule is Cc1onc(-c2ccccc2Cl)c1C(=O)N1CCCCC1Cc1nc2c(F)c(F)ccc2[nH]1. The fraction of sp³-hybridized carbons (Fsp3) is 0.292. The predicted molar refractivity (Wildman–Crippen MR) is 120 cm³/mol. The van der Waals surface area contributed by atoms with Crippen LogP contribution in [0.25, 0.3) is 22.3 Å². The molecule has 2 aromatic carbocycles. The van der Waals surface area contributed by atoms with E-state index in [1.807, 2.05) is 12.1 Å². The second kappa shape index (κ2) is 8.59. The second-order valence-corrected chi connectivity index (χ2v) is 8.64. The van der Waals surface area contributed by atoms with E-state index in [9.17, 15) is 13.6 Å². The molecule has 0 aliphatic carbocycles. The summed E-state index contributed by atoms with van der Waals surface area (Å²) in [5, 5.41) is 4.59. The van der Waals surface area contributed by atoms with Crippen LogP contribution in [-0.4, -0.2) is 38.5 Å². The van der Waals surface area contributed by atoms with E-state index in [0.717, 1.165) is 25.3 Å². The summed E-state index contributed by atoms with van der Waals surface area (Å²) in [6, 6.07) is 9.54. The van der Waals surface area contributed by atoms with Gasteiger partial charge in [0.25, 0.3) is 5.91 Å². The van der Waals surface area contributed by atoms with Gasteiger partial charge in [-0.05, 0) is 44.4 Å². The van der Waals surface area contributed by atoms with Crippen LogP contribution in [0.15, 0.2) is 40.9 Å². The standard InChI is InChI=1S/C24H21ClF2N4O2/c1-13-20(22(30-33-13)15-7-2-3-8-16(15)25)24(32)31-11-5-4-6-14(31)12-19-28-18-10-9-17(26)21(27)23(18)29-19/h2-3,7-10,14H,4-6,11-12H2,1H3,(H,28,29). The number of halogens is 3. The van der Waals surface area contributed by atoms with Gasteiger partial charge in [0, 0.05) is 24.6 Å². The van der Waals surface area contributed by atoms with Crippen LogP contribution in [0.2, 0.25) is 5.02 Å². The Hall–Kier alpha value is -3.26. The van der Waals surface area contributed by atoms with Gasteiger partial charge in [-0.2, -0.15) is 0 Å². The molecule has 1 amide bonds. The fourth-order valence-corrected chi connectivity index (χ4v) is 4.70. The summed E-state index contributed by atoms with van der Waals surface area (Å²) >= 11 is 6.35. The lowest BCUT2D eigenvalue weighted by atomic mass is 9.96. The van der Waals surface area contributed by atoms with E-state index in [1.165, 1.54) is 6.07 Å². The van der Waals surface area contributed by atoms with Crippen LogP contribution in [0.4, 0.5) is 8.78 Å². The third-order valence-corrected chi connectivity index (χ3v) is 6.45. The van der Waals surface area contributed by atoms with Crippen molar-refractivity contribution in [1.29, 1.82) is 0 Å². The minimum Gasteiger partial charge on any atom is -0.360 e. The number of hydrogen-bond donors (Lipinski definition) is 1. The van der Waals surface area contributed by atoms with Crippen LogP contribution in [-0.2, 0) is 6.42 Å². The molecule has 4 aromatic rings. The first-order valence-corrected chi connectivity index (χ1v) is 11.2. The quantitative estimate of drug-likeness (QED) is 0.415. The molecule has 1 atom stereocenters. The Morgan fingerprint density at radius 1 is 1.24 bits per heavy atom. The van der Waals surface area contributed by atoms with Crippen LogP contribution < -0.4 is 0 Å². The number of rotatable bonds is 4. The molecule has 0 spiro atoms. The molecular weight excluding hydrogens is 450 g/mol. The molecule has 1 fully saturated rings. The van der Waals surface area contributed by atoms with Crippen molar-refractivity contribution in [3.63, 3.8) is 0 Å². The number of amides is 1. The molecule has 1 saturated heterocycles. The molecule has 170 valence electrons. The van der Waals surface area contributed by atoms with Crippen LogP contribution in [0.5, 0.6) is 0 Å². The van der Waals surface area contributed by atoms with Crippen LogP contribution in [0.1, 0.15) is 41.2 Å². The number of carbonyl (C=O) groups is 1. The van der Waals surface area contributed by atoms with Crippen LogP contribution in [0.3, 0.4) is 0 Å². The summed E-state index contributed by atoms with van der Waals surface area (Å²) in [5.74, 6) is -1.18. The molecule has 0 bridgehead atoms. The van der Waals surface area contributed by atoms with Crippen molar-refractivity contribution < 1.29 is 18.1 Å². The van der Waals surface area contributed by atoms with Crippen LogP contribution in [0, 0.1) is 18.6 Å². The largest absolute Gasteiger partial charge is 0.360 e. The van der Waals surface area contributed by atoms with E-state index in [0.29, 0.717) is 51.9 Å². The molecule has 1 N–H and O–H groups in total. The number of aryl methyl sites for hydroxylation is 1. The zero-order valence-corrected chi connectivity index (χ0v) is 18.6. The Morgan fingerprint density at radius 2 is 2.06 bits per heavy atom. The average Bonchev–Trinajstić information content (AvgIpc) is 3.40. The molecule has 3 heterocycles. The summed E-state index contributed by atoms with van der Waals surface area (Å²) in [6.07, 6.45) is 2.99. The number of aromatic amines is 1. The fourth-order valence-electron chi connectivity index (χ4n) is 4.47. The summed E-state index contributed by atoms with van der Waals surface area (Å²) < 4.78 is 33.1. The molecule has 0 radical (unpaired) electrons. The number of aromatic nitrogens is 3. The minimum absolute atomic E-state index is 0.0328. The van der Waals surface area contributed by atoms with E-state index < -0.39 is 11.6 Å². The Morgan fingerprint density at radius 3 is 2.88 bits per heavy atom. The molecule has 5 rings (SSSR count). The maximum atomic E-state index is 14.1. The van der Waals surface area contributed by atoms with Crippen molar-refractivity contribution in [2.75, 3.05) is 6.54 Å². The third-order valence-electron chi connectivity index (χ3n) is 6.12. The van der Waals surface area contributed by atoms with Crippen molar-refractivity contribution in [1.82, 2.24) is 20.0 Å². The lowest BCUT2D eigenvalue weighted by molar-refractivity contribution is 0.0610. The highest BCUT2D eigenvalue weighted by Gasteiger charge is 2.33. The monoisotopic (exact) mass is 470 g/mol. The smallest absolute Gasteiger partial charge is 0.260 e. The summed E-state index contributed by atoms with van der Waals surface area (Å²) in [6.45, 7) is 2.27. The van der Waals surface area contributed by atoms with Gasteiger partial charge in [-0.1, -0.05) is 35.0 Å². The Labute approximate surface area is 193 Å². The number of benzene rings is 2. The van der Waals surface area contributed by atoms with E-state index in [-0.39, 0.29) is 17.5 Å². The van der Waals surface area contributed by atoms with Gasteiger partial charge in [-0.25, -0.2) is 13.8 Å².